The molecule has 0 bridgehead atoms. The third-order valence-corrected chi connectivity index (χ3v) is 6.21. The molecular formula is C26H24BrNO4. The number of fused-ring (bicyclic) bond motifs is 1. The summed E-state index contributed by atoms with van der Waals surface area (Å²) in [5, 5.41) is 0. The standard InChI is InChI=1S/C26H24BrNO4/c1-26(2)13-22-20(23(29)14-26)12-21(17-8-10-19(27)11-9-17)28(22)15-25(31)32-16-24(30)18-6-4-3-5-7-18/h3-12H,13-16H2,1-2H3. The van der Waals surface area contributed by atoms with Gasteiger partial charge in [-0.05, 0) is 35.6 Å². The topological polar surface area (TPSA) is 65.4 Å². The van der Waals surface area contributed by atoms with E-state index in [9.17, 15) is 14.4 Å². The largest absolute Gasteiger partial charge is 0.456 e. The molecule has 3 aromatic rings. The number of rotatable bonds is 6. The highest BCUT2D eigenvalue weighted by Crippen LogP contribution is 2.38. The van der Waals surface area contributed by atoms with E-state index in [0.29, 0.717) is 24.0 Å². The van der Waals surface area contributed by atoms with E-state index in [1.54, 1.807) is 24.3 Å². The van der Waals surface area contributed by atoms with Crippen LogP contribution in [0.2, 0.25) is 0 Å². The summed E-state index contributed by atoms with van der Waals surface area (Å²) in [6, 6.07) is 18.4. The second kappa shape index (κ2) is 8.87. The Morgan fingerprint density at radius 2 is 1.72 bits per heavy atom. The van der Waals surface area contributed by atoms with Gasteiger partial charge in [-0.3, -0.25) is 14.4 Å². The van der Waals surface area contributed by atoms with Crippen LogP contribution in [0.1, 0.15) is 46.7 Å². The molecule has 1 aliphatic carbocycles. The average molecular weight is 494 g/mol. The van der Waals surface area contributed by atoms with Crippen molar-refractivity contribution in [2.45, 2.75) is 33.2 Å². The zero-order valence-corrected chi connectivity index (χ0v) is 19.6. The number of carbonyl (C=O) groups excluding carboxylic acids is 3. The molecule has 0 fully saturated rings. The number of aromatic nitrogens is 1. The molecule has 5 nitrogen and oxygen atoms in total. The quantitative estimate of drug-likeness (QED) is 0.336. The summed E-state index contributed by atoms with van der Waals surface area (Å²) in [6.07, 6.45) is 1.15. The predicted molar refractivity (Wildman–Crippen MR) is 126 cm³/mol. The zero-order valence-electron chi connectivity index (χ0n) is 18.1. The summed E-state index contributed by atoms with van der Waals surface area (Å²) in [5.74, 6) is -0.680. The molecule has 1 aliphatic rings. The first-order chi connectivity index (χ1) is 15.2. The number of carbonyl (C=O) groups is 3. The highest BCUT2D eigenvalue weighted by Gasteiger charge is 2.35. The van der Waals surface area contributed by atoms with Crippen LogP contribution in [0, 0.1) is 5.41 Å². The van der Waals surface area contributed by atoms with Crippen molar-refractivity contribution in [2.75, 3.05) is 6.61 Å². The van der Waals surface area contributed by atoms with Gasteiger partial charge < -0.3 is 9.30 Å². The van der Waals surface area contributed by atoms with Crippen molar-refractivity contribution < 1.29 is 19.1 Å². The molecule has 0 saturated heterocycles. The van der Waals surface area contributed by atoms with E-state index in [0.717, 1.165) is 21.4 Å². The minimum atomic E-state index is -0.512. The van der Waals surface area contributed by atoms with Crippen LogP contribution in [0.15, 0.2) is 65.1 Å². The molecule has 0 spiro atoms. The monoisotopic (exact) mass is 493 g/mol. The summed E-state index contributed by atoms with van der Waals surface area (Å²) in [5.41, 5.74) is 3.51. The van der Waals surface area contributed by atoms with E-state index in [1.807, 2.05) is 41.0 Å². The van der Waals surface area contributed by atoms with Crippen LogP contribution in [0.25, 0.3) is 11.3 Å². The molecule has 0 aliphatic heterocycles. The molecule has 0 atom stereocenters. The van der Waals surface area contributed by atoms with Crippen LogP contribution in [-0.2, 0) is 22.5 Å². The van der Waals surface area contributed by atoms with Crippen LogP contribution in [0.4, 0.5) is 0 Å². The number of ketones is 2. The van der Waals surface area contributed by atoms with Gasteiger partial charge in [-0.25, -0.2) is 0 Å². The minimum absolute atomic E-state index is 0.0633. The van der Waals surface area contributed by atoms with Crippen LogP contribution >= 0.6 is 15.9 Å². The molecular weight excluding hydrogens is 470 g/mol. The fourth-order valence-corrected chi connectivity index (χ4v) is 4.40. The van der Waals surface area contributed by atoms with Crippen molar-refractivity contribution >= 4 is 33.5 Å². The van der Waals surface area contributed by atoms with Gasteiger partial charge in [0, 0.05) is 33.4 Å². The fraction of sp³-hybridized carbons (Fsp3) is 0.269. The lowest BCUT2D eigenvalue weighted by atomic mass is 9.76. The molecule has 0 radical (unpaired) electrons. The van der Waals surface area contributed by atoms with Crippen molar-refractivity contribution in [1.29, 1.82) is 0 Å². The maximum absolute atomic E-state index is 12.8. The van der Waals surface area contributed by atoms with Gasteiger partial charge in [0.15, 0.2) is 18.2 Å². The molecule has 0 N–H and O–H groups in total. The molecule has 4 rings (SSSR count). The van der Waals surface area contributed by atoms with Gasteiger partial charge in [0.25, 0.3) is 0 Å². The second-order valence-electron chi connectivity index (χ2n) is 8.87. The SMILES string of the molecule is CC1(C)CC(=O)c2cc(-c3ccc(Br)cc3)n(CC(=O)OCC(=O)c3ccccc3)c2C1. The van der Waals surface area contributed by atoms with E-state index >= 15 is 0 Å². The lowest BCUT2D eigenvalue weighted by Gasteiger charge is -2.29. The van der Waals surface area contributed by atoms with E-state index in [4.69, 9.17) is 4.74 Å². The van der Waals surface area contributed by atoms with Crippen molar-refractivity contribution in [3.05, 3.63) is 82.0 Å². The summed E-state index contributed by atoms with van der Waals surface area (Å²) >= 11 is 3.44. The zero-order chi connectivity index (χ0) is 22.9. The number of halogens is 1. The first-order valence-electron chi connectivity index (χ1n) is 10.5. The lowest BCUT2D eigenvalue weighted by Crippen LogP contribution is -2.29. The summed E-state index contributed by atoms with van der Waals surface area (Å²) in [6.45, 7) is 3.74. The number of hydrogen-bond donors (Lipinski definition) is 0. The Kier molecular flexibility index (Phi) is 6.15. The number of Topliss-reactive ketones (excluding diaryl/α,β-unsaturated/α-hetero) is 2. The predicted octanol–water partition coefficient (Wildman–Crippen LogP) is 5.50. The molecule has 0 saturated carbocycles. The van der Waals surface area contributed by atoms with Gasteiger partial charge in [0.2, 0.25) is 0 Å². The van der Waals surface area contributed by atoms with E-state index < -0.39 is 5.97 Å². The summed E-state index contributed by atoms with van der Waals surface area (Å²) in [7, 11) is 0. The minimum Gasteiger partial charge on any atom is -0.456 e. The number of nitrogens with zero attached hydrogens (tertiary/aromatic N) is 1. The van der Waals surface area contributed by atoms with E-state index in [1.165, 1.54) is 0 Å². The molecule has 0 unspecified atom stereocenters. The lowest BCUT2D eigenvalue weighted by molar-refractivity contribution is -0.143. The maximum atomic E-state index is 12.8. The van der Waals surface area contributed by atoms with Crippen LogP contribution in [0.5, 0.6) is 0 Å². The second-order valence-corrected chi connectivity index (χ2v) is 9.79. The molecule has 6 heteroatoms. The maximum Gasteiger partial charge on any atom is 0.326 e. The van der Waals surface area contributed by atoms with Crippen molar-refractivity contribution in [2.24, 2.45) is 5.41 Å². The summed E-state index contributed by atoms with van der Waals surface area (Å²) in [4.78, 5) is 37.9. The third kappa shape index (κ3) is 4.75. The number of hydrogen-bond acceptors (Lipinski definition) is 4. The van der Waals surface area contributed by atoms with Gasteiger partial charge in [-0.15, -0.1) is 0 Å². The Balaban J connectivity index is 1.61. The Hall–Kier alpha value is -2.99. The number of ether oxygens (including phenoxy) is 1. The molecule has 1 aromatic heterocycles. The molecule has 164 valence electrons. The third-order valence-electron chi connectivity index (χ3n) is 5.68. The van der Waals surface area contributed by atoms with E-state index in [2.05, 4.69) is 29.8 Å². The highest BCUT2D eigenvalue weighted by molar-refractivity contribution is 9.10. The molecule has 32 heavy (non-hydrogen) atoms. The smallest absolute Gasteiger partial charge is 0.326 e. The summed E-state index contributed by atoms with van der Waals surface area (Å²) < 4.78 is 8.12. The van der Waals surface area contributed by atoms with Gasteiger partial charge in [-0.1, -0.05) is 72.2 Å². The van der Waals surface area contributed by atoms with Crippen LogP contribution in [-0.4, -0.2) is 28.7 Å². The Bertz CT molecular complexity index is 1180. The first kappa shape index (κ1) is 22.2. The number of benzene rings is 2. The normalized spacial score (nSPS) is 14.7. The van der Waals surface area contributed by atoms with Crippen molar-refractivity contribution in [1.82, 2.24) is 4.57 Å². The van der Waals surface area contributed by atoms with Gasteiger partial charge >= 0.3 is 5.97 Å². The molecule has 2 aromatic carbocycles. The van der Waals surface area contributed by atoms with Crippen LogP contribution in [0.3, 0.4) is 0 Å². The van der Waals surface area contributed by atoms with Crippen molar-refractivity contribution in [3.8, 4) is 11.3 Å². The van der Waals surface area contributed by atoms with Gasteiger partial charge in [-0.2, -0.15) is 0 Å². The van der Waals surface area contributed by atoms with Gasteiger partial charge in [0.05, 0.1) is 0 Å². The van der Waals surface area contributed by atoms with Crippen molar-refractivity contribution in [3.63, 3.8) is 0 Å². The molecule has 0 amide bonds. The van der Waals surface area contributed by atoms with Crippen LogP contribution < -0.4 is 0 Å². The Morgan fingerprint density at radius 1 is 1.03 bits per heavy atom. The first-order valence-corrected chi connectivity index (χ1v) is 11.3. The number of esters is 1. The fourth-order valence-electron chi connectivity index (χ4n) is 4.14. The highest BCUT2D eigenvalue weighted by atomic mass is 79.9. The van der Waals surface area contributed by atoms with E-state index in [-0.39, 0.29) is 30.1 Å². The van der Waals surface area contributed by atoms with Gasteiger partial charge in [0.1, 0.15) is 6.54 Å². The average Bonchev–Trinajstić information content (AvgIpc) is 3.10. The Morgan fingerprint density at radius 3 is 2.41 bits per heavy atom. The molecule has 1 heterocycles. The Labute approximate surface area is 195 Å².